The zero-order valence-corrected chi connectivity index (χ0v) is 27.8. The highest BCUT2D eigenvalue weighted by Crippen LogP contribution is 2.75. The molecule has 5 rings (SSSR count). The fourth-order valence-corrected chi connectivity index (χ4v) is 12.0. The smallest absolute Gasteiger partial charge is 0.151 e. The number of unbranched alkanes of at least 4 members (excludes halogenated alkanes) is 5. The van der Waals surface area contributed by atoms with Gasteiger partial charge >= 0.3 is 0 Å². The van der Waals surface area contributed by atoms with Crippen molar-refractivity contribution in [1.29, 1.82) is 0 Å². The van der Waals surface area contributed by atoms with Crippen LogP contribution in [0.15, 0.2) is 0 Å². The Balaban J connectivity index is 1.05. The van der Waals surface area contributed by atoms with Crippen LogP contribution in [0.1, 0.15) is 174 Å². The molecule has 5 fully saturated rings. The van der Waals surface area contributed by atoms with E-state index in [-0.39, 0.29) is 0 Å². The minimum absolute atomic E-state index is 0.437. The average molecular weight is 594 g/mol. The van der Waals surface area contributed by atoms with E-state index in [1.165, 1.54) is 135 Å². The van der Waals surface area contributed by atoms with Gasteiger partial charge in [-0.15, -0.1) is 0 Å². The second kappa shape index (κ2) is 13.9. The van der Waals surface area contributed by atoms with E-state index in [9.17, 15) is 4.79 Å². The van der Waals surface area contributed by atoms with E-state index in [1.54, 1.807) is 0 Å². The lowest BCUT2D eigenvalue weighted by Gasteiger charge is -2.67. The van der Waals surface area contributed by atoms with Crippen molar-refractivity contribution in [2.45, 2.75) is 179 Å². The fourth-order valence-electron chi connectivity index (χ4n) is 10.9. The molecule has 0 N–H and O–H groups in total. The molecule has 5 aliphatic carbocycles. The van der Waals surface area contributed by atoms with Gasteiger partial charge in [-0.05, 0) is 113 Å². The zero-order chi connectivity index (χ0) is 28.2. The Labute approximate surface area is 258 Å². The Bertz CT molecular complexity index is 787. The lowest BCUT2D eigenvalue weighted by Crippen LogP contribution is -2.74. The third-order valence-corrected chi connectivity index (χ3v) is 15.1. The molecule has 0 aliphatic heterocycles. The molecule has 1 nitrogen and oxygen atoms in total. The second-order valence-corrected chi connectivity index (χ2v) is 17.0. The first-order valence-corrected chi connectivity index (χ1v) is 19.0. The molecule has 40 heavy (non-hydrogen) atoms. The first kappa shape index (κ1) is 31.7. The highest BCUT2D eigenvalue weighted by atomic mass is 35.5. The Morgan fingerprint density at radius 2 is 0.925 bits per heavy atom. The van der Waals surface area contributed by atoms with Crippen molar-refractivity contribution in [3.05, 3.63) is 0 Å². The first-order valence-electron chi connectivity index (χ1n) is 18.3. The van der Waals surface area contributed by atoms with Crippen molar-refractivity contribution in [3.63, 3.8) is 0 Å². The van der Waals surface area contributed by atoms with Gasteiger partial charge in [-0.2, -0.15) is 0 Å². The van der Waals surface area contributed by atoms with Crippen molar-refractivity contribution in [3.8, 4) is 0 Å². The van der Waals surface area contributed by atoms with Crippen LogP contribution in [0.2, 0.25) is 0 Å². The topological polar surface area (TPSA) is 17.1 Å². The predicted molar refractivity (Wildman–Crippen MR) is 172 cm³/mol. The number of hydrogen-bond acceptors (Lipinski definition) is 1. The van der Waals surface area contributed by atoms with Gasteiger partial charge in [0.25, 0.3) is 0 Å². The van der Waals surface area contributed by atoms with Gasteiger partial charge in [-0.3, -0.25) is 4.79 Å². The lowest BCUT2D eigenvalue weighted by atomic mass is 9.41. The zero-order valence-electron chi connectivity index (χ0n) is 26.3. The van der Waals surface area contributed by atoms with Gasteiger partial charge in [0.1, 0.15) is 4.33 Å². The van der Waals surface area contributed by atoms with E-state index in [2.05, 4.69) is 13.8 Å². The van der Waals surface area contributed by atoms with E-state index in [0.29, 0.717) is 5.78 Å². The van der Waals surface area contributed by atoms with Gasteiger partial charge in [0, 0.05) is 0 Å². The van der Waals surface area contributed by atoms with Crippen LogP contribution in [-0.2, 0) is 4.79 Å². The summed E-state index contributed by atoms with van der Waals surface area (Å²) < 4.78 is -0.833. The molecular formula is C37H62Cl2O. The monoisotopic (exact) mass is 592 g/mol. The SMILES string of the molecule is CCCCCCCC[C@H]1CC[C@H](C2CCC3(CC2)C(=O)C2(CCC([C@H]4CC[C@H](CCC)CC4)CC2)C3(Cl)Cl)CC1. The minimum atomic E-state index is -0.833. The summed E-state index contributed by atoms with van der Waals surface area (Å²) >= 11 is 14.7. The van der Waals surface area contributed by atoms with Gasteiger partial charge in [0.05, 0.1) is 10.8 Å². The highest BCUT2D eigenvalue weighted by molar-refractivity contribution is 6.55. The van der Waals surface area contributed by atoms with Crippen molar-refractivity contribution in [1.82, 2.24) is 0 Å². The number of carbonyl (C=O) groups is 1. The molecule has 0 aromatic heterocycles. The van der Waals surface area contributed by atoms with Gasteiger partial charge in [0.2, 0.25) is 0 Å². The number of ketones is 1. The Hall–Kier alpha value is 0.250. The van der Waals surface area contributed by atoms with Crippen molar-refractivity contribution < 1.29 is 4.79 Å². The molecular weight excluding hydrogens is 531 g/mol. The number of Topliss-reactive ketones (excluding diaryl/α,β-unsaturated/α-hetero) is 1. The Morgan fingerprint density at radius 3 is 1.35 bits per heavy atom. The standard InChI is InChI=1S/C37H62Cl2O/c1-3-5-6-7-8-9-11-29-14-18-31(19-15-29)33-22-26-36(27-23-33)34(40)35(37(36,38)39)24-20-32(21-25-35)30-16-12-28(10-4-2)13-17-30/h28-33H,3-27H2,1-2H3/t28-,29-,30-,31-,32?,33?,35?,36?. The molecule has 0 aromatic carbocycles. The summed E-state index contributed by atoms with van der Waals surface area (Å²) in [7, 11) is 0. The normalized spacial score (nSPS) is 41.8. The molecule has 2 spiro atoms. The highest BCUT2D eigenvalue weighted by Gasteiger charge is 2.79. The molecule has 5 aliphatic rings. The Kier molecular flexibility index (Phi) is 11.0. The molecule has 0 amide bonds. The summed E-state index contributed by atoms with van der Waals surface area (Å²) in [4.78, 5) is 14.1. The number of hydrogen-bond donors (Lipinski definition) is 0. The molecule has 0 heterocycles. The van der Waals surface area contributed by atoms with E-state index in [4.69, 9.17) is 23.2 Å². The van der Waals surface area contributed by atoms with E-state index < -0.39 is 15.2 Å². The first-order chi connectivity index (χ1) is 19.4. The number of rotatable bonds is 11. The van der Waals surface area contributed by atoms with Crippen LogP contribution in [0.4, 0.5) is 0 Å². The molecule has 0 radical (unpaired) electrons. The number of carbonyl (C=O) groups excluding carboxylic acids is 1. The van der Waals surface area contributed by atoms with Crippen LogP contribution in [0.25, 0.3) is 0 Å². The van der Waals surface area contributed by atoms with Crippen LogP contribution >= 0.6 is 23.2 Å². The molecule has 0 unspecified atom stereocenters. The maximum absolute atomic E-state index is 14.1. The maximum Gasteiger partial charge on any atom is 0.151 e. The molecule has 230 valence electrons. The molecule has 0 bridgehead atoms. The maximum atomic E-state index is 14.1. The minimum Gasteiger partial charge on any atom is -0.298 e. The number of alkyl halides is 2. The molecule has 5 saturated carbocycles. The average Bonchev–Trinajstić information content (AvgIpc) is 2.99. The third kappa shape index (κ3) is 6.10. The second-order valence-electron chi connectivity index (χ2n) is 15.6. The van der Waals surface area contributed by atoms with Crippen LogP contribution < -0.4 is 0 Å². The van der Waals surface area contributed by atoms with Crippen LogP contribution in [0, 0.1) is 46.3 Å². The van der Waals surface area contributed by atoms with E-state index in [0.717, 1.165) is 61.2 Å². The van der Waals surface area contributed by atoms with Crippen LogP contribution in [0.5, 0.6) is 0 Å². The molecule has 0 aromatic rings. The third-order valence-electron chi connectivity index (χ3n) is 13.6. The Morgan fingerprint density at radius 1 is 0.525 bits per heavy atom. The van der Waals surface area contributed by atoms with Crippen LogP contribution in [-0.4, -0.2) is 10.1 Å². The molecule has 0 atom stereocenters. The largest absolute Gasteiger partial charge is 0.298 e. The summed E-state index contributed by atoms with van der Waals surface area (Å²) in [5.74, 6) is 5.79. The lowest BCUT2D eigenvalue weighted by molar-refractivity contribution is -0.173. The predicted octanol–water partition coefficient (Wildman–Crippen LogP) is 12.3. The fraction of sp³-hybridized carbons (Fsp3) is 0.973. The van der Waals surface area contributed by atoms with E-state index in [1.807, 2.05) is 0 Å². The summed E-state index contributed by atoms with van der Waals surface area (Å²) in [6.07, 6.45) is 32.7. The van der Waals surface area contributed by atoms with Crippen molar-refractivity contribution >= 4 is 29.0 Å². The summed E-state index contributed by atoms with van der Waals surface area (Å²) in [5.41, 5.74) is -0.875. The van der Waals surface area contributed by atoms with Gasteiger partial charge in [0.15, 0.2) is 5.78 Å². The van der Waals surface area contributed by atoms with Gasteiger partial charge in [-0.25, -0.2) is 0 Å². The van der Waals surface area contributed by atoms with Crippen molar-refractivity contribution in [2.75, 3.05) is 0 Å². The summed E-state index contributed by atoms with van der Waals surface area (Å²) in [5, 5.41) is 0. The van der Waals surface area contributed by atoms with Gasteiger partial charge in [-0.1, -0.05) is 121 Å². The number of halogens is 2. The summed E-state index contributed by atoms with van der Waals surface area (Å²) in [6.45, 7) is 4.63. The summed E-state index contributed by atoms with van der Waals surface area (Å²) in [6, 6.07) is 0. The van der Waals surface area contributed by atoms with E-state index >= 15 is 0 Å². The van der Waals surface area contributed by atoms with Crippen LogP contribution in [0.3, 0.4) is 0 Å². The molecule has 0 saturated heterocycles. The van der Waals surface area contributed by atoms with Crippen molar-refractivity contribution in [2.24, 2.45) is 46.3 Å². The quantitative estimate of drug-likeness (QED) is 0.172. The van der Waals surface area contributed by atoms with Gasteiger partial charge < -0.3 is 0 Å². The molecule has 3 heteroatoms.